The zero-order valence-corrected chi connectivity index (χ0v) is 11.9. The Labute approximate surface area is 117 Å². The molecule has 98 valence electrons. The van der Waals surface area contributed by atoms with Crippen LogP contribution in [0.2, 0.25) is 0 Å². The number of carbonyl (C=O) groups is 1. The number of hydrogen-bond donors (Lipinski definition) is 0. The van der Waals surface area contributed by atoms with Gasteiger partial charge in [-0.15, -0.1) is 11.6 Å². The lowest BCUT2D eigenvalue weighted by molar-refractivity contribution is 0.0959. The Hall–Kier alpha value is -0.710. The van der Waals surface area contributed by atoms with Crippen LogP contribution in [0.3, 0.4) is 0 Å². The first-order valence-corrected chi connectivity index (χ1v) is 7.26. The Morgan fingerprint density at radius 3 is 3.00 bits per heavy atom. The number of alkyl halides is 1. The number of halogens is 1. The molecule has 0 saturated carbocycles. The van der Waals surface area contributed by atoms with Crippen LogP contribution in [-0.2, 0) is 0 Å². The second-order valence-corrected chi connectivity index (χ2v) is 5.62. The van der Waals surface area contributed by atoms with Crippen molar-refractivity contribution in [3.63, 3.8) is 0 Å². The van der Waals surface area contributed by atoms with Gasteiger partial charge in [0.25, 0.3) is 0 Å². The summed E-state index contributed by atoms with van der Waals surface area (Å²) in [5, 5.41) is 0. The number of ether oxygens (including phenoxy) is 1. The summed E-state index contributed by atoms with van der Waals surface area (Å²) in [6.45, 7) is 1.33. The molecule has 1 aliphatic heterocycles. The van der Waals surface area contributed by atoms with Crippen molar-refractivity contribution in [3.05, 3.63) is 23.8 Å². The van der Waals surface area contributed by atoms with E-state index in [1.54, 1.807) is 19.1 Å². The largest absolute Gasteiger partial charge is 0.496 e. The lowest BCUT2D eigenvalue weighted by Crippen LogP contribution is -2.29. The van der Waals surface area contributed by atoms with Crippen LogP contribution in [0.5, 0.6) is 5.75 Å². The highest BCUT2D eigenvalue weighted by Crippen LogP contribution is 2.36. The average molecular weight is 286 g/mol. The average Bonchev–Trinajstić information content (AvgIpc) is 2.38. The molecule has 3 nitrogen and oxygen atoms in total. The van der Waals surface area contributed by atoms with Crippen LogP contribution in [0.25, 0.3) is 0 Å². The van der Waals surface area contributed by atoms with E-state index in [9.17, 15) is 4.79 Å². The second-order valence-electron chi connectivity index (χ2n) is 4.11. The van der Waals surface area contributed by atoms with Gasteiger partial charge in [0, 0.05) is 17.3 Å². The standard InChI is InChI=1S/C13H16ClNO2S/c1-17-11-5-4-6-12-13(11)10(16)9-15(18-12)8-3-2-7-14/h4-6H,2-3,7-9H2,1H3. The molecule has 5 heteroatoms. The van der Waals surface area contributed by atoms with Gasteiger partial charge in [-0.1, -0.05) is 6.07 Å². The van der Waals surface area contributed by atoms with Crippen LogP contribution in [-0.4, -0.2) is 36.2 Å². The van der Waals surface area contributed by atoms with Crippen LogP contribution in [0, 0.1) is 0 Å². The zero-order chi connectivity index (χ0) is 13.0. The van der Waals surface area contributed by atoms with Gasteiger partial charge in [0.05, 0.1) is 19.2 Å². The number of benzene rings is 1. The van der Waals surface area contributed by atoms with Crippen molar-refractivity contribution in [2.45, 2.75) is 17.7 Å². The van der Waals surface area contributed by atoms with Crippen molar-refractivity contribution in [2.24, 2.45) is 0 Å². The SMILES string of the molecule is COc1cccc2c1C(=O)CN(CCCCCl)S2. The van der Waals surface area contributed by atoms with E-state index in [0.29, 0.717) is 18.2 Å². The number of hydrogen-bond acceptors (Lipinski definition) is 4. The first-order chi connectivity index (χ1) is 8.76. The zero-order valence-electron chi connectivity index (χ0n) is 10.3. The number of rotatable bonds is 5. The van der Waals surface area contributed by atoms with Crippen LogP contribution in [0.1, 0.15) is 23.2 Å². The summed E-state index contributed by atoms with van der Waals surface area (Å²) in [6.07, 6.45) is 2.00. The third-order valence-corrected chi connectivity index (χ3v) is 4.20. The molecule has 18 heavy (non-hydrogen) atoms. The Bertz CT molecular complexity index is 439. The van der Waals surface area contributed by atoms with E-state index < -0.39 is 0 Å². The fourth-order valence-electron chi connectivity index (χ4n) is 1.95. The first-order valence-electron chi connectivity index (χ1n) is 5.95. The molecule has 1 aromatic rings. The summed E-state index contributed by atoms with van der Waals surface area (Å²) in [6, 6.07) is 5.72. The normalized spacial score (nSPS) is 15.6. The van der Waals surface area contributed by atoms with Gasteiger partial charge < -0.3 is 4.74 Å². The number of carbonyl (C=O) groups excluding carboxylic acids is 1. The van der Waals surface area contributed by atoms with Crippen LogP contribution >= 0.6 is 23.5 Å². The molecule has 0 atom stereocenters. The van der Waals surface area contributed by atoms with Gasteiger partial charge in [-0.3, -0.25) is 4.79 Å². The minimum absolute atomic E-state index is 0.132. The molecule has 0 bridgehead atoms. The number of methoxy groups -OCH3 is 1. The summed E-state index contributed by atoms with van der Waals surface area (Å²) in [5.74, 6) is 1.48. The van der Waals surface area contributed by atoms with Crippen molar-refractivity contribution in [3.8, 4) is 5.75 Å². The van der Waals surface area contributed by atoms with E-state index in [-0.39, 0.29) is 5.78 Å². The molecule has 1 aromatic carbocycles. The second kappa shape index (κ2) is 6.45. The van der Waals surface area contributed by atoms with E-state index in [1.165, 1.54) is 0 Å². The van der Waals surface area contributed by atoms with E-state index >= 15 is 0 Å². The smallest absolute Gasteiger partial charge is 0.182 e. The predicted octanol–water partition coefficient (Wildman–Crippen LogP) is 3.22. The summed E-state index contributed by atoms with van der Waals surface area (Å²) in [4.78, 5) is 13.1. The molecular formula is C13H16ClNO2S. The Balaban J connectivity index is 2.12. The quantitative estimate of drug-likeness (QED) is 0.472. The van der Waals surface area contributed by atoms with E-state index in [1.807, 2.05) is 18.2 Å². The van der Waals surface area contributed by atoms with Crippen molar-refractivity contribution < 1.29 is 9.53 Å². The highest BCUT2D eigenvalue weighted by atomic mass is 35.5. The monoisotopic (exact) mass is 285 g/mol. The minimum Gasteiger partial charge on any atom is -0.496 e. The molecule has 0 saturated heterocycles. The van der Waals surface area contributed by atoms with Crippen molar-refractivity contribution >= 4 is 29.3 Å². The van der Waals surface area contributed by atoms with Crippen molar-refractivity contribution in [2.75, 3.05) is 26.1 Å². The maximum absolute atomic E-state index is 12.1. The summed E-state index contributed by atoms with van der Waals surface area (Å²) in [5.41, 5.74) is 0.721. The molecule has 1 heterocycles. The van der Waals surface area contributed by atoms with Crippen LogP contribution in [0.15, 0.2) is 23.1 Å². The summed E-state index contributed by atoms with van der Waals surface area (Å²) in [7, 11) is 1.60. The fraction of sp³-hybridized carbons (Fsp3) is 0.462. The molecule has 0 aromatic heterocycles. The third-order valence-electron chi connectivity index (χ3n) is 2.83. The molecule has 0 fully saturated rings. The molecule has 0 radical (unpaired) electrons. The van der Waals surface area contributed by atoms with E-state index in [4.69, 9.17) is 16.3 Å². The Morgan fingerprint density at radius 2 is 2.28 bits per heavy atom. The van der Waals surface area contributed by atoms with Crippen LogP contribution < -0.4 is 4.74 Å². The minimum atomic E-state index is 0.132. The third kappa shape index (κ3) is 2.99. The number of Topliss-reactive ketones (excluding diaryl/α,β-unsaturated/α-hetero) is 1. The topological polar surface area (TPSA) is 29.5 Å². The number of ketones is 1. The van der Waals surface area contributed by atoms with Gasteiger partial charge in [0.15, 0.2) is 5.78 Å². The van der Waals surface area contributed by atoms with Crippen molar-refractivity contribution in [1.82, 2.24) is 4.31 Å². The molecule has 0 aliphatic carbocycles. The molecule has 1 aliphatic rings. The highest BCUT2D eigenvalue weighted by Gasteiger charge is 2.26. The van der Waals surface area contributed by atoms with Gasteiger partial charge in [-0.2, -0.15) is 0 Å². The molecule has 0 amide bonds. The van der Waals surface area contributed by atoms with E-state index in [2.05, 4.69) is 4.31 Å². The molecule has 0 spiro atoms. The number of nitrogens with zero attached hydrogens (tertiary/aromatic N) is 1. The van der Waals surface area contributed by atoms with Gasteiger partial charge in [0.2, 0.25) is 0 Å². The lowest BCUT2D eigenvalue weighted by Gasteiger charge is -2.27. The highest BCUT2D eigenvalue weighted by molar-refractivity contribution is 7.97. The molecule has 0 unspecified atom stereocenters. The molecular weight excluding hydrogens is 270 g/mol. The van der Waals surface area contributed by atoms with Gasteiger partial charge in [0.1, 0.15) is 5.75 Å². The van der Waals surface area contributed by atoms with Crippen LogP contribution in [0.4, 0.5) is 0 Å². The maximum Gasteiger partial charge on any atom is 0.182 e. The number of unbranched alkanes of at least 4 members (excludes halogenated alkanes) is 1. The van der Waals surface area contributed by atoms with Crippen molar-refractivity contribution in [1.29, 1.82) is 0 Å². The predicted molar refractivity (Wildman–Crippen MR) is 74.7 cm³/mol. The maximum atomic E-state index is 12.1. The fourth-order valence-corrected chi connectivity index (χ4v) is 3.26. The number of fused-ring (bicyclic) bond motifs is 1. The summed E-state index contributed by atoms with van der Waals surface area (Å²) >= 11 is 7.29. The van der Waals surface area contributed by atoms with Gasteiger partial charge >= 0.3 is 0 Å². The van der Waals surface area contributed by atoms with Gasteiger partial charge in [-0.05, 0) is 36.9 Å². The molecule has 2 rings (SSSR count). The van der Waals surface area contributed by atoms with Gasteiger partial charge in [-0.25, -0.2) is 4.31 Å². The Kier molecular flexibility index (Phi) is 4.92. The van der Waals surface area contributed by atoms with E-state index in [0.717, 1.165) is 29.8 Å². The summed E-state index contributed by atoms with van der Waals surface area (Å²) < 4.78 is 7.34. The Morgan fingerprint density at radius 1 is 1.44 bits per heavy atom. The lowest BCUT2D eigenvalue weighted by atomic mass is 10.1. The first kappa shape index (κ1) is 13.7. The molecule has 0 N–H and O–H groups in total.